The van der Waals surface area contributed by atoms with E-state index in [9.17, 15) is 0 Å². The Kier molecular flexibility index (Phi) is 1.05. The molecule has 6 heavy (non-hydrogen) atoms. The first-order chi connectivity index (χ1) is 2.93. The molecule has 0 bridgehead atoms. The maximum Gasteiger partial charge on any atom is 0.155 e. The van der Waals surface area contributed by atoms with Crippen LogP contribution in [0.1, 0.15) is 0 Å². The molecule has 1 N–H and O–H groups in total. The Morgan fingerprint density at radius 2 is 2.67 bits per heavy atom. The average molecular weight is 89.1 g/mol. The third kappa shape index (κ3) is 0.518. The van der Waals surface area contributed by atoms with Gasteiger partial charge in [-0.2, -0.15) is 5.48 Å². The molecule has 1 aliphatic heterocycles. The fraction of sp³-hybridized carbons (Fsp3) is 1.00. The number of hydrogen-bond acceptors (Lipinski definition) is 3. The highest BCUT2D eigenvalue weighted by molar-refractivity contribution is 4.50. The number of nitrogens with one attached hydrogen (secondary N) is 1. The van der Waals surface area contributed by atoms with E-state index in [0.29, 0.717) is 6.61 Å². The van der Waals surface area contributed by atoms with Gasteiger partial charge in [0.2, 0.25) is 0 Å². The lowest BCUT2D eigenvalue weighted by molar-refractivity contribution is -0.197. The zero-order chi connectivity index (χ0) is 4.41. The van der Waals surface area contributed by atoms with E-state index in [-0.39, 0.29) is 6.23 Å². The Morgan fingerprint density at radius 3 is 2.67 bits per heavy atom. The van der Waals surface area contributed by atoms with Crippen molar-refractivity contribution in [2.24, 2.45) is 0 Å². The summed E-state index contributed by atoms with van der Waals surface area (Å²) in [6.45, 7) is 0.677. The SMILES string of the molecule is COC1CON1. The van der Waals surface area contributed by atoms with Crippen molar-refractivity contribution in [3.8, 4) is 0 Å². The molecule has 3 nitrogen and oxygen atoms in total. The Hall–Kier alpha value is -0.120. The summed E-state index contributed by atoms with van der Waals surface area (Å²) in [7, 11) is 1.64. The minimum absolute atomic E-state index is 0.144. The average Bonchev–Trinajstić information content (AvgIpc) is 1.31. The third-order valence-electron chi connectivity index (χ3n) is 0.734. The Balaban J connectivity index is 2.01. The van der Waals surface area contributed by atoms with Gasteiger partial charge in [0.1, 0.15) is 6.61 Å². The molecule has 0 aromatic heterocycles. The molecule has 1 saturated heterocycles. The summed E-state index contributed by atoms with van der Waals surface area (Å²) >= 11 is 0. The molecule has 36 valence electrons. The predicted octanol–water partition coefficient (Wildman–Crippen LogP) is -0.506. The number of hydroxylamine groups is 1. The van der Waals surface area contributed by atoms with E-state index in [0.717, 1.165) is 0 Å². The van der Waals surface area contributed by atoms with Crippen LogP contribution >= 0.6 is 0 Å². The molecule has 3 heteroatoms. The lowest BCUT2D eigenvalue weighted by Crippen LogP contribution is -2.46. The molecule has 1 fully saturated rings. The number of rotatable bonds is 1. The van der Waals surface area contributed by atoms with Crippen molar-refractivity contribution in [3.05, 3.63) is 0 Å². The topological polar surface area (TPSA) is 30.5 Å². The van der Waals surface area contributed by atoms with Gasteiger partial charge >= 0.3 is 0 Å². The largest absolute Gasteiger partial charge is 0.362 e. The maximum absolute atomic E-state index is 4.75. The van der Waals surface area contributed by atoms with Crippen LogP contribution in [0.25, 0.3) is 0 Å². The van der Waals surface area contributed by atoms with Crippen LogP contribution in [0.3, 0.4) is 0 Å². The molecule has 1 heterocycles. The molecule has 1 atom stereocenters. The highest BCUT2D eigenvalue weighted by Crippen LogP contribution is 1.93. The summed E-state index contributed by atoms with van der Waals surface area (Å²) in [6.07, 6.45) is 0.144. The molecule has 0 aromatic rings. The summed E-state index contributed by atoms with van der Waals surface area (Å²) in [6, 6.07) is 0. The van der Waals surface area contributed by atoms with E-state index < -0.39 is 0 Å². The second-order valence-corrected chi connectivity index (χ2v) is 1.15. The Morgan fingerprint density at radius 1 is 2.00 bits per heavy atom. The summed E-state index contributed by atoms with van der Waals surface area (Å²) in [5, 5.41) is 0. The third-order valence-corrected chi connectivity index (χ3v) is 0.734. The molecular formula is C3H7NO2. The van der Waals surface area contributed by atoms with E-state index in [1.807, 2.05) is 0 Å². The monoisotopic (exact) mass is 89.0 g/mol. The molecule has 1 rings (SSSR count). The van der Waals surface area contributed by atoms with Gasteiger partial charge in [-0.05, 0) is 0 Å². The van der Waals surface area contributed by atoms with Crippen molar-refractivity contribution in [2.75, 3.05) is 13.7 Å². The quantitative estimate of drug-likeness (QED) is 0.469. The van der Waals surface area contributed by atoms with E-state index in [1.165, 1.54) is 0 Å². The van der Waals surface area contributed by atoms with Gasteiger partial charge in [-0.1, -0.05) is 0 Å². The molecule has 0 saturated carbocycles. The van der Waals surface area contributed by atoms with Crippen LogP contribution in [0.4, 0.5) is 0 Å². The van der Waals surface area contributed by atoms with Crippen molar-refractivity contribution < 1.29 is 9.57 Å². The number of hydrogen-bond donors (Lipinski definition) is 1. The van der Waals surface area contributed by atoms with Crippen molar-refractivity contribution in [1.29, 1.82) is 0 Å². The van der Waals surface area contributed by atoms with Crippen LogP contribution in [0.5, 0.6) is 0 Å². The minimum atomic E-state index is 0.144. The van der Waals surface area contributed by atoms with E-state index >= 15 is 0 Å². The van der Waals surface area contributed by atoms with Crippen LogP contribution in [0.2, 0.25) is 0 Å². The molecule has 0 amide bonds. The van der Waals surface area contributed by atoms with Crippen molar-refractivity contribution in [2.45, 2.75) is 6.23 Å². The van der Waals surface area contributed by atoms with Crippen LogP contribution in [-0.4, -0.2) is 19.9 Å². The van der Waals surface area contributed by atoms with E-state index in [4.69, 9.17) is 4.74 Å². The van der Waals surface area contributed by atoms with Gasteiger partial charge in [0.25, 0.3) is 0 Å². The number of ether oxygens (including phenoxy) is 1. The molecule has 1 unspecified atom stereocenters. The van der Waals surface area contributed by atoms with Gasteiger partial charge in [0, 0.05) is 7.11 Å². The molecule has 0 aromatic carbocycles. The first-order valence-electron chi connectivity index (χ1n) is 1.83. The second kappa shape index (κ2) is 1.55. The molecule has 1 aliphatic rings. The van der Waals surface area contributed by atoms with Crippen LogP contribution in [0.15, 0.2) is 0 Å². The van der Waals surface area contributed by atoms with E-state index in [2.05, 4.69) is 10.3 Å². The predicted molar refractivity (Wildman–Crippen MR) is 19.9 cm³/mol. The van der Waals surface area contributed by atoms with E-state index in [1.54, 1.807) is 7.11 Å². The Labute approximate surface area is 36.2 Å². The standard InChI is InChI=1S/C3H7NO2/c1-5-3-2-6-4-3/h3-4H,2H2,1H3. The molecule has 0 radical (unpaired) electrons. The molecule has 0 spiro atoms. The zero-order valence-corrected chi connectivity index (χ0v) is 3.60. The first-order valence-corrected chi connectivity index (χ1v) is 1.83. The van der Waals surface area contributed by atoms with Gasteiger partial charge in [-0.15, -0.1) is 0 Å². The van der Waals surface area contributed by atoms with Crippen molar-refractivity contribution in [3.63, 3.8) is 0 Å². The highest BCUT2D eigenvalue weighted by atomic mass is 16.7. The maximum atomic E-state index is 4.75. The fourth-order valence-corrected chi connectivity index (χ4v) is 0.268. The lowest BCUT2D eigenvalue weighted by atomic mass is 10.6. The summed E-state index contributed by atoms with van der Waals surface area (Å²) in [5.41, 5.74) is 2.57. The summed E-state index contributed by atoms with van der Waals surface area (Å²) < 4.78 is 4.75. The first kappa shape index (κ1) is 4.05. The van der Waals surface area contributed by atoms with Gasteiger partial charge in [0.05, 0.1) is 0 Å². The molecule has 0 aliphatic carbocycles. The van der Waals surface area contributed by atoms with Crippen LogP contribution in [0, 0.1) is 0 Å². The normalized spacial score (nSPS) is 32.5. The van der Waals surface area contributed by atoms with Gasteiger partial charge in [-0.3, -0.25) is 4.84 Å². The number of methoxy groups -OCH3 is 1. The van der Waals surface area contributed by atoms with Crippen molar-refractivity contribution in [1.82, 2.24) is 5.48 Å². The zero-order valence-electron chi connectivity index (χ0n) is 3.60. The van der Waals surface area contributed by atoms with Crippen LogP contribution in [-0.2, 0) is 9.57 Å². The second-order valence-electron chi connectivity index (χ2n) is 1.15. The van der Waals surface area contributed by atoms with Gasteiger partial charge < -0.3 is 4.74 Å². The summed E-state index contributed by atoms with van der Waals surface area (Å²) in [4.78, 5) is 4.55. The lowest BCUT2D eigenvalue weighted by Gasteiger charge is -2.24. The van der Waals surface area contributed by atoms with Crippen LogP contribution < -0.4 is 5.48 Å². The van der Waals surface area contributed by atoms with Gasteiger partial charge in [0.15, 0.2) is 6.23 Å². The minimum Gasteiger partial charge on any atom is -0.362 e. The van der Waals surface area contributed by atoms with Crippen molar-refractivity contribution >= 4 is 0 Å². The fourth-order valence-electron chi connectivity index (χ4n) is 0.268. The van der Waals surface area contributed by atoms with Gasteiger partial charge in [-0.25, -0.2) is 0 Å². The summed E-state index contributed by atoms with van der Waals surface area (Å²) in [5.74, 6) is 0. The highest BCUT2D eigenvalue weighted by Gasteiger charge is 2.14. The molecular weight excluding hydrogens is 82.0 g/mol. The smallest absolute Gasteiger partial charge is 0.155 e. The Bertz CT molecular complexity index is 41.3.